The van der Waals surface area contributed by atoms with Crippen LogP contribution >= 0.6 is 0 Å². The van der Waals surface area contributed by atoms with Gasteiger partial charge in [0.2, 0.25) is 0 Å². The van der Waals surface area contributed by atoms with Gasteiger partial charge in [-0.25, -0.2) is 0 Å². The maximum absolute atomic E-state index is 6.13. The van der Waals surface area contributed by atoms with Crippen molar-refractivity contribution in [2.24, 2.45) is 5.73 Å². The number of aryl methyl sites for hydroxylation is 1. The van der Waals surface area contributed by atoms with Crippen molar-refractivity contribution in [3.8, 4) is 0 Å². The molecule has 1 aliphatic rings. The molecule has 0 amide bonds. The average Bonchev–Trinajstić information content (AvgIpc) is 2.77. The van der Waals surface area contributed by atoms with E-state index in [-0.39, 0.29) is 12.3 Å². The first-order valence-electron chi connectivity index (χ1n) is 6.11. The maximum Gasteiger partial charge on any atom is 0.186 e. The third-order valence-corrected chi connectivity index (χ3v) is 3.13. The van der Waals surface area contributed by atoms with E-state index in [1.54, 1.807) is 6.26 Å². The number of nitrogens with two attached hydrogens (primary N) is 1. The summed E-state index contributed by atoms with van der Waals surface area (Å²) < 4.78 is 5.45. The average molecular weight is 232 g/mol. The van der Waals surface area contributed by atoms with E-state index in [9.17, 15) is 0 Å². The first-order valence-corrected chi connectivity index (χ1v) is 6.11. The predicted molar refractivity (Wildman–Crippen MR) is 69.1 cm³/mol. The van der Waals surface area contributed by atoms with Crippen LogP contribution in [0.1, 0.15) is 18.4 Å². The van der Waals surface area contributed by atoms with Crippen molar-refractivity contribution in [3.63, 3.8) is 0 Å². The number of hydrogen-bond donors (Lipinski definition) is 1. The standard InChI is InChI=1S/C14H20N2O/c1-16-10-11-17-14(16)13(15)9-5-8-12-6-3-2-4-7-12/h2-4,6-7,10-11,13-14H,5,8-9,15H2,1H3. The van der Waals surface area contributed by atoms with E-state index in [2.05, 4.69) is 24.3 Å². The molecule has 2 atom stereocenters. The second-order valence-corrected chi connectivity index (χ2v) is 4.52. The second-order valence-electron chi connectivity index (χ2n) is 4.52. The Morgan fingerprint density at radius 2 is 2.12 bits per heavy atom. The minimum absolute atomic E-state index is 0.00535. The highest BCUT2D eigenvalue weighted by Crippen LogP contribution is 2.15. The Kier molecular flexibility index (Phi) is 4.04. The van der Waals surface area contributed by atoms with Crippen molar-refractivity contribution < 1.29 is 4.74 Å². The van der Waals surface area contributed by atoms with Gasteiger partial charge in [-0.3, -0.25) is 0 Å². The number of likely N-dealkylation sites (N-methyl/N-ethyl adjacent to an activating group) is 1. The molecule has 2 unspecified atom stereocenters. The molecule has 3 nitrogen and oxygen atoms in total. The van der Waals surface area contributed by atoms with Crippen molar-refractivity contribution in [1.29, 1.82) is 0 Å². The Morgan fingerprint density at radius 1 is 1.35 bits per heavy atom. The monoisotopic (exact) mass is 232 g/mol. The molecule has 17 heavy (non-hydrogen) atoms. The highest BCUT2D eigenvalue weighted by Gasteiger charge is 2.23. The van der Waals surface area contributed by atoms with Crippen LogP contribution in [0.4, 0.5) is 0 Å². The van der Waals surface area contributed by atoms with Crippen LogP contribution in [0.2, 0.25) is 0 Å². The molecule has 2 N–H and O–H groups in total. The van der Waals surface area contributed by atoms with Gasteiger partial charge in [0, 0.05) is 13.2 Å². The molecule has 2 rings (SSSR count). The van der Waals surface area contributed by atoms with Crippen LogP contribution in [0, 0.1) is 0 Å². The van der Waals surface area contributed by atoms with Gasteiger partial charge in [0.15, 0.2) is 6.23 Å². The molecular formula is C14H20N2O. The lowest BCUT2D eigenvalue weighted by Crippen LogP contribution is -2.42. The van der Waals surface area contributed by atoms with Crippen molar-refractivity contribution in [2.75, 3.05) is 7.05 Å². The lowest BCUT2D eigenvalue weighted by molar-refractivity contribution is 0.0462. The lowest BCUT2D eigenvalue weighted by atomic mass is 10.0. The van der Waals surface area contributed by atoms with E-state index >= 15 is 0 Å². The zero-order chi connectivity index (χ0) is 12.1. The molecule has 0 saturated carbocycles. The van der Waals surface area contributed by atoms with E-state index in [4.69, 9.17) is 10.5 Å². The van der Waals surface area contributed by atoms with Crippen LogP contribution in [0.3, 0.4) is 0 Å². The largest absolute Gasteiger partial charge is 0.475 e. The molecule has 0 saturated heterocycles. The van der Waals surface area contributed by atoms with Crippen molar-refractivity contribution >= 4 is 0 Å². The van der Waals surface area contributed by atoms with Gasteiger partial charge in [0.25, 0.3) is 0 Å². The van der Waals surface area contributed by atoms with E-state index in [0.717, 1.165) is 19.3 Å². The number of hydrogen-bond acceptors (Lipinski definition) is 3. The molecule has 0 aromatic heterocycles. The fraction of sp³-hybridized carbons (Fsp3) is 0.429. The molecular weight excluding hydrogens is 212 g/mol. The molecule has 1 aromatic carbocycles. The van der Waals surface area contributed by atoms with Gasteiger partial charge < -0.3 is 15.4 Å². The molecule has 0 aliphatic carbocycles. The molecule has 1 heterocycles. The van der Waals surface area contributed by atoms with Gasteiger partial charge in [-0.05, 0) is 24.8 Å². The van der Waals surface area contributed by atoms with Crippen LogP contribution in [0.25, 0.3) is 0 Å². The zero-order valence-corrected chi connectivity index (χ0v) is 10.3. The van der Waals surface area contributed by atoms with Crippen molar-refractivity contribution in [1.82, 2.24) is 4.90 Å². The fourth-order valence-corrected chi connectivity index (χ4v) is 2.12. The number of nitrogens with zero attached hydrogens (tertiary/aromatic N) is 1. The number of benzene rings is 1. The second kappa shape index (κ2) is 5.73. The van der Waals surface area contributed by atoms with E-state index in [1.165, 1.54) is 5.56 Å². The highest BCUT2D eigenvalue weighted by molar-refractivity contribution is 5.14. The third kappa shape index (κ3) is 3.24. The topological polar surface area (TPSA) is 38.5 Å². The zero-order valence-electron chi connectivity index (χ0n) is 10.3. The summed E-state index contributed by atoms with van der Waals surface area (Å²) in [5.74, 6) is 0. The molecule has 0 radical (unpaired) electrons. The summed E-state index contributed by atoms with van der Waals surface area (Å²) >= 11 is 0. The fourth-order valence-electron chi connectivity index (χ4n) is 2.12. The number of ether oxygens (including phenoxy) is 1. The summed E-state index contributed by atoms with van der Waals surface area (Å²) in [6, 6.07) is 10.6. The first kappa shape index (κ1) is 12.0. The van der Waals surface area contributed by atoms with Crippen LogP contribution in [-0.2, 0) is 11.2 Å². The SMILES string of the molecule is CN1C=COC1C(N)CCCc1ccccc1. The van der Waals surface area contributed by atoms with E-state index < -0.39 is 0 Å². The van der Waals surface area contributed by atoms with Crippen molar-refractivity contribution in [2.45, 2.75) is 31.5 Å². The van der Waals surface area contributed by atoms with Crippen LogP contribution in [0.5, 0.6) is 0 Å². The Balaban J connectivity index is 1.72. The summed E-state index contributed by atoms with van der Waals surface area (Å²) in [6.45, 7) is 0. The summed E-state index contributed by atoms with van der Waals surface area (Å²) in [5.41, 5.74) is 7.50. The maximum atomic E-state index is 6.13. The molecule has 1 aliphatic heterocycles. The molecule has 3 heteroatoms. The normalized spacial score (nSPS) is 20.4. The molecule has 1 aromatic rings. The molecule has 0 bridgehead atoms. The lowest BCUT2D eigenvalue weighted by Gasteiger charge is -2.25. The number of rotatable bonds is 5. The quantitative estimate of drug-likeness (QED) is 0.845. The summed E-state index contributed by atoms with van der Waals surface area (Å²) in [4.78, 5) is 2.02. The van der Waals surface area contributed by atoms with E-state index in [1.807, 2.05) is 24.2 Å². The Labute approximate surface area is 103 Å². The van der Waals surface area contributed by atoms with Gasteiger partial charge in [-0.15, -0.1) is 0 Å². The Morgan fingerprint density at radius 3 is 2.76 bits per heavy atom. The van der Waals surface area contributed by atoms with Crippen LogP contribution in [0.15, 0.2) is 42.8 Å². The first-order chi connectivity index (χ1) is 8.27. The smallest absolute Gasteiger partial charge is 0.186 e. The summed E-state index contributed by atoms with van der Waals surface area (Å²) in [7, 11) is 1.99. The van der Waals surface area contributed by atoms with Crippen LogP contribution < -0.4 is 5.73 Å². The minimum atomic E-state index is 0.00535. The van der Waals surface area contributed by atoms with Gasteiger partial charge in [0.1, 0.15) is 6.26 Å². The summed E-state index contributed by atoms with van der Waals surface area (Å²) in [6.07, 6.45) is 6.79. The van der Waals surface area contributed by atoms with Gasteiger partial charge in [-0.2, -0.15) is 0 Å². The van der Waals surface area contributed by atoms with E-state index in [0.29, 0.717) is 0 Å². The predicted octanol–water partition coefficient (Wildman–Crippen LogP) is 2.10. The molecule has 92 valence electrons. The Bertz CT molecular complexity index is 364. The van der Waals surface area contributed by atoms with Gasteiger partial charge in [0.05, 0.1) is 6.04 Å². The molecule has 0 fully saturated rings. The minimum Gasteiger partial charge on any atom is -0.475 e. The van der Waals surface area contributed by atoms with Crippen molar-refractivity contribution in [3.05, 3.63) is 48.4 Å². The third-order valence-electron chi connectivity index (χ3n) is 3.13. The van der Waals surface area contributed by atoms with Gasteiger partial charge in [-0.1, -0.05) is 30.3 Å². The Hall–Kier alpha value is -1.48. The summed E-state index contributed by atoms with van der Waals surface area (Å²) in [5, 5.41) is 0. The molecule has 0 spiro atoms. The highest BCUT2D eigenvalue weighted by atomic mass is 16.5. The van der Waals surface area contributed by atoms with Gasteiger partial charge >= 0.3 is 0 Å². The van der Waals surface area contributed by atoms with Crippen LogP contribution in [-0.4, -0.2) is 24.2 Å².